The predicted octanol–water partition coefficient (Wildman–Crippen LogP) is 3.06. The average Bonchev–Trinajstić information content (AvgIpc) is 3.27. The van der Waals surface area contributed by atoms with Crippen LogP contribution in [0, 0.1) is 0 Å². The van der Waals surface area contributed by atoms with Crippen LogP contribution >= 0.6 is 0 Å². The Morgan fingerprint density at radius 3 is 2.45 bits per heavy atom. The van der Waals surface area contributed by atoms with E-state index in [1.165, 1.54) is 11.1 Å². The smallest absolute Gasteiger partial charge is 0.161 e. The van der Waals surface area contributed by atoms with Crippen LogP contribution in [0.5, 0.6) is 0 Å². The molecule has 1 aliphatic carbocycles. The first-order valence-corrected chi connectivity index (χ1v) is 7.73. The second kappa shape index (κ2) is 5.37. The Kier molecular flexibility index (Phi) is 3.22. The standard InChI is InChI=1S/C18H18N4/c1-2-4-15(5-3-1)18(10-11-18)17-20-16(21-22-17)7-6-14-8-12-19-13-9-14/h1-5,8-9,12-13H,6-7,10-11H2,(H,20,21,22). The van der Waals surface area contributed by atoms with Crippen LogP contribution in [0.15, 0.2) is 54.9 Å². The summed E-state index contributed by atoms with van der Waals surface area (Å²) in [5.41, 5.74) is 2.65. The fourth-order valence-electron chi connectivity index (χ4n) is 2.96. The molecule has 1 saturated carbocycles. The van der Waals surface area contributed by atoms with Gasteiger partial charge in [0, 0.05) is 18.8 Å². The molecule has 1 N–H and O–H groups in total. The van der Waals surface area contributed by atoms with Gasteiger partial charge in [-0.2, -0.15) is 5.10 Å². The van der Waals surface area contributed by atoms with Gasteiger partial charge in [0.1, 0.15) is 5.82 Å². The summed E-state index contributed by atoms with van der Waals surface area (Å²) in [5, 5.41) is 7.61. The molecule has 0 bridgehead atoms. The zero-order valence-electron chi connectivity index (χ0n) is 12.4. The zero-order valence-corrected chi connectivity index (χ0v) is 12.4. The third-order valence-corrected chi connectivity index (χ3v) is 4.44. The first kappa shape index (κ1) is 13.2. The maximum atomic E-state index is 4.75. The summed E-state index contributed by atoms with van der Waals surface area (Å²) < 4.78 is 0. The minimum atomic E-state index is 0.0483. The summed E-state index contributed by atoms with van der Waals surface area (Å²) in [5.74, 6) is 1.91. The number of nitrogens with one attached hydrogen (secondary N) is 1. The van der Waals surface area contributed by atoms with Gasteiger partial charge in [-0.15, -0.1) is 0 Å². The van der Waals surface area contributed by atoms with E-state index in [1.807, 2.05) is 24.5 Å². The van der Waals surface area contributed by atoms with Crippen molar-refractivity contribution in [2.45, 2.75) is 31.1 Å². The molecule has 1 fully saturated rings. The van der Waals surface area contributed by atoms with Crippen LogP contribution in [-0.4, -0.2) is 20.2 Å². The summed E-state index contributed by atoms with van der Waals surface area (Å²) in [6, 6.07) is 14.7. The molecule has 2 heterocycles. The van der Waals surface area contributed by atoms with Gasteiger partial charge in [0.2, 0.25) is 0 Å². The highest BCUT2D eigenvalue weighted by molar-refractivity contribution is 5.38. The van der Waals surface area contributed by atoms with Crippen LogP contribution in [0.25, 0.3) is 0 Å². The van der Waals surface area contributed by atoms with Crippen molar-refractivity contribution in [1.29, 1.82) is 0 Å². The summed E-state index contributed by atoms with van der Waals surface area (Å²) in [6.07, 6.45) is 7.76. The topological polar surface area (TPSA) is 54.5 Å². The molecule has 0 amide bonds. The van der Waals surface area contributed by atoms with Crippen LogP contribution in [0.2, 0.25) is 0 Å². The molecular weight excluding hydrogens is 272 g/mol. The number of aromatic amines is 1. The molecule has 4 rings (SSSR count). The Morgan fingerprint density at radius 1 is 0.955 bits per heavy atom. The van der Waals surface area contributed by atoms with Gasteiger partial charge in [0.05, 0.1) is 5.41 Å². The number of aryl methyl sites for hydroxylation is 2. The van der Waals surface area contributed by atoms with E-state index in [0.29, 0.717) is 0 Å². The first-order chi connectivity index (χ1) is 10.9. The molecule has 0 saturated heterocycles. The van der Waals surface area contributed by atoms with Crippen LogP contribution in [0.1, 0.15) is 35.6 Å². The Bertz CT molecular complexity index is 745. The van der Waals surface area contributed by atoms with Gasteiger partial charge in [0.25, 0.3) is 0 Å². The summed E-state index contributed by atoms with van der Waals surface area (Å²) in [6.45, 7) is 0. The van der Waals surface area contributed by atoms with E-state index < -0.39 is 0 Å². The molecule has 1 aliphatic rings. The average molecular weight is 290 g/mol. The molecule has 3 aromatic rings. The molecule has 0 unspecified atom stereocenters. The van der Waals surface area contributed by atoms with Crippen LogP contribution < -0.4 is 0 Å². The maximum Gasteiger partial charge on any atom is 0.161 e. The minimum Gasteiger partial charge on any atom is -0.265 e. The second-order valence-corrected chi connectivity index (χ2v) is 5.91. The quantitative estimate of drug-likeness (QED) is 0.785. The number of H-pyrrole nitrogens is 1. The third kappa shape index (κ3) is 2.41. The molecule has 0 spiro atoms. The molecule has 110 valence electrons. The van der Waals surface area contributed by atoms with Crippen molar-refractivity contribution in [3.8, 4) is 0 Å². The lowest BCUT2D eigenvalue weighted by atomic mass is 9.95. The van der Waals surface area contributed by atoms with E-state index in [-0.39, 0.29) is 5.41 Å². The summed E-state index contributed by atoms with van der Waals surface area (Å²) in [7, 11) is 0. The van der Waals surface area contributed by atoms with Gasteiger partial charge >= 0.3 is 0 Å². The Hall–Kier alpha value is -2.49. The number of rotatable bonds is 5. The predicted molar refractivity (Wildman–Crippen MR) is 84.5 cm³/mol. The zero-order chi connectivity index (χ0) is 14.8. The highest BCUT2D eigenvalue weighted by atomic mass is 15.2. The number of hydrogen-bond donors (Lipinski definition) is 1. The van der Waals surface area contributed by atoms with E-state index in [1.54, 1.807) is 0 Å². The first-order valence-electron chi connectivity index (χ1n) is 7.73. The molecule has 4 heteroatoms. The molecule has 4 nitrogen and oxygen atoms in total. The van der Waals surface area contributed by atoms with Crippen molar-refractivity contribution in [1.82, 2.24) is 20.2 Å². The summed E-state index contributed by atoms with van der Waals surface area (Å²) >= 11 is 0. The van der Waals surface area contributed by atoms with Crippen LogP contribution in [0.4, 0.5) is 0 Å². The number of hydrogen-bond acceptors (Lipinski definition) is 3. The van der Waals surface area contributed by atoms with Crippen molar-refractivity contribution in [2.75, 3.05) is 0 Å². The van der Waals surface area contributed by atoms with E-state index in [0.717, 1.165) is 37.3 Å². The highest BCUT2D eigenvalue weighted by Gasteiger charge is 2.49. The lowest BCUT2D eigenvalue weighted by molar-refractivity contribution is 0.760. The molecule has 0 aliphatic heterocycles. The van der Waals surface area contributed by atoms with E-state index in [2.05, 4.69) is 45.5 Å². The molecule has 0 radical (unpaired) electrons. The summed E-state index contributed by atoms with van der Waals surface area (Å²) in [4.78, 5) is 8.80. The Balaban J connectivity index is 1.50. The van der Waals surface area contributed by atoms with Gasteiger partial charge in [0.15, 0.2) is 5.82 Å². The van der Waals surface area contributed by atoms with Gasteiger partial charge in [-0.25, -0.2) is 4.98 Å². The SMILES string of the molecule is c1ccc(C2(c3n[nH]c(CCc4ccncc4)n3)CC2)cc1. The van der Waals surface area contributed by atoms with Crippen molar-refractivity contribution in [3.05, 3.63) is 77.6 Å². The number of nitrogens with zero attached hydrogens (tertiary/aromatic N) is 3. The van der Waals surface area contributed by atoms with Crippen molar-refractivity contribution >= 4 is 0 Å². The van der Waals surface area contributed by atoms with Crippen molar-refractivity contribution < 1.29 is 0 Å². The maximum absolute atomic E-state index is 4.75. The molecule has 2 aromatic heterocycles. The monoisotopic (exact) mass is 290 g/mol. The van der Waals surface area contributed by atoms with E-state index >= 15 is 0 Å². The lowest BCUT2D eigenvalue weighted by Gasteiger charge is -2.10. The van der Waals surface area contributed by atoms with E-state index in [9.17, 15) is 0 Å². The van der Waals surface area contributed by atoms with Gasteiger partial charge < -0.3 is 0 Å². The third-order valence-electron chi connectivity index (χ3n) is 4.44. The highest BCUT2D eigenvalue weighted by Crippen LogP contribution is 2.51. The van der Waals surface area contributed by atoms with E-state index in [4.69, 9.17) is 4.98 Å². The number of benzene rings is 1. The molecule has 0 atom stereocenters. The molecular formula is C18H18N4. The normalized spacial score (nSPS) is 15.6. The lowest BCUT2D eigenvalue weighted by Crippen LogP contribution is -2.10. The fraction of sp³-hybridized carbons (Fsp3) is 0.278. The second-order valence-electron chi connectivity index (χ2n) is 5.91. The Labute approximate surface area is 129 Å². The number of aromatic nitrogens is 4. The fourth-order valence-corrected chi connectivity index (χ4v) is 2.96. The Morgan fingerprint density at radius 2 is 1.73 bits per heavy atom. The van der Waals surface area contributed by atoms with Gasteiger partial charge in [-0.05, 0) is 42.5 Å². The van der Waals surface area contributed by atoms with Gasteiger partial charge in [-0.1, -0.05) is 30.3 Å². The molecule has 22 heavy (non-hydrogen) atoms. The minimum absolute atomic E-state index is 0.0483. The van der Waals surface area contributed by atoms with Crippen LogP contribution in [0.3, 0.4) is 0 Å². The van der Waals surface area contributed by atoms with Crippen molar-refractivity contribution in [2.24, 2.45) is 0 Å². The molecule has 1 aromatic carbocycles. The van der Waals surface area contributed by atoms with Crippen LogP contribution in [-0.2, 0) is 18.3 Å². The van der Waals surface area contributed by atoms with Crippen molar-refractivity contribution in [3.63, 3.8) is 0 Å². The number of pyridine rings is 1. The van der Waals surface area contributed by atoms with Gasteiger partial charge in [-0.3, -0.25) is 10.1 Å². The largest absolute Gasteiger partial charge is 0.265 e.